The van der Waals surface area contributed by atoms with E-state index in [1.165, 1.54) is 11.1 Å². The number of benzene rings is 1. The number of ether oxygens (including phenoxy) is 1. The molecule has 0 aliphatic rings. The van der Waals surface area contributed by atoms with Gasteiger partial charge >= 0.3 is 0 Å². The summed E-state index contributed by atoms with van der Waals surface area (Å²) < 4.78 is 5.35. The lowest BCUT2D eigenvalue weighted by Gasteiger charge is -2.14. The van der Waals surface area contributed by atoms with Crippen LogP contribution < -0.4 is 4.74 Å². The first kappa shape index (κ1) is 10.1. The topological polar surface area (TPSA) is 12.5 Å². The average Bonchev–Trinajstić information content (AvgIpc) is 2.03. The van der Waals surface area contributed by atoms with Crippen LogP contribution in [0.5, 0.6) is 5.75 Å². The Labute approximate surface area is 80.1 Å². The molecule has 0 atom stereocenters. The quantitative estimate of drug-likeness (QED) is 0.704. The number of para-hydroxylation sites is 1. The maximum absolute atomic E-state index is 5.35. The zero-order valence-corrected chi connectivity index (χ0v) is 8.79. The van der Waals surface area contributed by atoms with Crippen molar-refractivity contribution in [1.82, 2.24) is 4.90 Å². The Morgan fingerprint density at radius 3 is 2.54 bits per heavy atom. The lowest BCUT2D eigenvalue weighted by molar-refractivity contribution is 0.370. The first-order valence-corrected chi connectivity index (χ1v) is 4.42. The van der Waals surface area contributed by atoms with Gasteiger partial charge in [0.2, 0.25) is 0 Å². The lowest BCUT2D eigenvalue weighted by atomic mass is 10.1. The van der Waals surface area contributed by atoms with Crippen molar-refractivity contribution in [3.05, 3.63) is 29.3 Å². The molecule has 0 aliphatic carbocycles. The Morgan fingerprint density at radius 1 is 1.31 bits per heavy atom. The summed E-state index contributed by atoms with van der Waals surface area (Å²) in [6.45, 7) is 2.99. The molecule has 72 valence electrons. The smallest absolute Gasteiger partial charge is 0.126 e. The highest BCUT2D eigenvalue weighted by atomic mass is 16.5. The molecule has 0 N–H and O–H groups in total. The normalized spacial score (nSPS) is 10.5. The standard InChI is InChI=1S/C11H17NO/c1-9-6-5-7-10(8-12(2)3)11(9)13-4/h5-7H,8H2,1-4H3. The van der Waals surface area contributed by atoms with Gasteiger partial charge in [-0.2, -0.15) is 0 Å². The van der Waals surface area contributed by atoms with Crippen molar-refractivity contribution in [3.63, 3.8) is 0 Å². The van der Waals surface area contributed by atoms with E-state index in [2.05, 4.69) is 44.1 Å². The molecule has 0 unspecified atom stereocenters. The van der Waals surface area contributed by atoms with Crippen LogP contribution >= 0.6 is 0 Å². The summed E-state index contributed by atoms with van der Waals surface area (Å²) in [5.41, 5.74) is 2.44. The van der Waals surface area contributed by atoms with Crippen LogP contribution in [-0.4, -0.2) is 26.1 Å². The van der Waals surface area contributed by atoms with E-state index in [0.717, 1.165) is 12.3 Å². The highest BCUT2D eigenvalue weighted by Crippen LogP contribution is 2.23. The first-order chi connectivity index (χ1) is 6.15. The Bertz CT molecular complexity index is 281. The van der Waals surface area contributed by atoms with Gasteiger partial charge in [0, 0.05) is 12.1 Å². The summed E-state index contributed by atoms with van der Waals surface area (Å²) in [5.74, 6) is 1.01. The number of hydrogen-bond acceptors (Lipinski definition) is 2. The van der Waals surface area contributed by atoms with Crippen LogP contribution in [0.1, 0.15) is 11.1 Å². The zero-order chi connectivity index (χ0) is 9.84. The summed E-state index contributed by atoms with van der Waals surface area (Å²) in [7, 11) is 5.84. The molecule has 0 radical (unpaired) electrons. The molecule has 0 bridgehead atoms. The minimum atomic E-state index is 0.921. The van der Waals surface area contributed by atoms with E-state index < -0.39 is 0 Å². The fraction of sp³-hybridized carbons (Fsp3) is 0.455. The van der Waals surface area contributed by atoms with E-state index in [0.29, 0.717) is 0 Å². The molecular weight excluding hydrogens is 162 g/mol. The Kier molecular flexibility index (Phi) is 3.32. The summed E-state index contributed by atoms with van der Waals surface area (Å²) in [5, 5.41) is 0. The highest BCUT2D eigenvalue weighted by Gasteiger charge is 2.05. The second-order valence-electron chi connectivity index (χ2n) is 3.51. The Morgan fingerprint density at radius 2 is 2.00 bits per heavy atom. The Balaban J connectivity index is 2.98. The minimum Gasteiger partial charge on any atom is -0.496 e. The second kappa shape index (κ2) is 4.28. The number of rotatable bonds is 3. The van der Waals surface area contributed by atoms with Crippen molar-refractivity contribution in [3.8, 4) is 5.75 Å². The maximum atomic E-state index is 5.35. The van der Waals surface area contributed by atoms with Gasteiger partial charge in [0.15, 0.2) is 0 Å². The van der Waals surface area contributed by atoms with Crippen LogP contribution in [0.4, 0.5) is 0 Å². The zero-order valence-electron chi connectivity index (χ0n) is 8.79. The highest BCUT2D eigenvalue weighted by molar-refractivity contribution is 5.40. The average molecular weight is 179 g/mol. The SMILES string of the molecule is COc1c(C)cccc1CN(C)C. The van der Waals surface area contributed by atoms with E-state index >= 15 is 0 Å². The van der Waals surface area contributed by atoms with Crippen LogP contribution in [0, 0.1) is 6.92 Å². The molecule has 1 aromatic rings. The van der Waals surface area contributed by atoms with E-state index in [-0.39, 0.29) is 0 Å². The summed E-state index contributed by atoms with van der Waals surface area (Å²) >= 11 is 0. The van der Waals surface area contributed by atoms with Gasteiger partial charge in [-0.3, -0.25) is 0 Å². The molecule has 2 heteroatoms. The van der Waals surface area contributed by atoms with Crippen molar-refractivity contribution in [2.75, 3.05) is 21.2 Å². The van der Waals surface area contributed by atoms with Gasteiger partial charge in [-0.05, 0) is 26.6 Å². The van der Waals surface area contributed by atoms with Gasteiger partial charge in [0.1, 0.15) is 5.75 Å². The molecule has 1 aromatic carbocycles. The van der Waals surface area contributed by atoms with Crippen LogP contribution in [-0.2, 0) is 6.54 Å². The van der Waals surface area contributed by atoms with Crippen molar-refractivity contribution < 1.29 is 4.74 Å². The summed E-state index contributed by atoms with van der Waals surface area (Å²) in [4.78, 5) is 2.14. The van der Waals surface area contributed by atoms with Gasteiger partial charge in [0.05, 0.1) is 7.11 Å². The minimum absolute atomic E-state index is 0.921. The molecular formula is C11H17NO. The van der Waals surface area contributed by atoms with Crippen LogP contribution in [0.3, 0.4) is 0 Å². The number of methoxy groups -OCH3 is 1. The molecule has 0 fully saturated rings. The van der Waals surface area contributed by atoms with Crippen LogP contribution in [0.2, 0.25) is 0 Å². The van der Waals surface area contributed by atoms with Crippen molar-refractivity contribution in [1.29, 1.82) is 0 Å². The van der Waals surface area contributed by atoms with Gasteiger partial charge in [0.25, 0.3) is 0 Å². The van der Waals surface area contributed by atoms with E-state index in [1.54, 1.807) is 7.11 Å². The number of aryl methyl sites for hydroxylation is 1. The molecule has 0 saturated heterocycles. The lowest BCUT2D eigenvalue weighted by Crippen LogP contribution is -2.11. The molecule has 0 saturated carbocycles. The third-order valence-electron chi connectivity index (χ3n) is 1.98. The van der Waals surface area contributed by atoms with Gasteiger partial charge in [-0.25, -0.2) is 0 Å². The fourth-order valence-electron chi connectivity index (χ4n) is 1.47. The van der Waals surface area contributed by atoms with Gasteiger partial charge in [-0.15, -0.1) is 0 Å². The fourth-order valence-corrected chi connectivity index (χ4v) is 1.47. The van der Waals surface area contributed by atoms with Crippen LogP contribution in [0.25, 0.3) is 0 Å². The van der Waals surface area contributed by atoms with E-state index in [1.807, 2.05) is 0 Å². The van der Waals surface area contributed by atoms with Crippen molar-refractivity contribution in [2.24, 2.45) is 0 Å². The molecule has 2 nitrogen and oxygen atoms in total. The molecule has 0 amide bonds. The molecule has 13 heavy (non-hydrogen) atoms. The monoisotopic (exact) mass is 179 g/mol. The van der Waals surface area contributed by atoms with Gasteiger partial charge < -0.3 is 9.64 Å². The second-order valence-corrected chi connectivity index (χ2v) is 3.51. The summed E-state index contributed by atoms with van der Waals surface area (Å²) in [6.07, 6.45) is 0. The van der Waals surface area contributed by atoms with E-state index in [9.17, 15) is 0 Å². The number of nitrogens with zero attached hydrogens (tertiary/aromatic N) is 1. The van der Waals surface area contributed by atoms with E-state index in [4.69, 9.17) is 4.74 Å². The molecule has 0 aliphatic heterocycles. The first-order valence-electron chi connectivity index (χ1n) is 4.42. The molecule has 0 aromatic heterocycles. The summed E-state index contributed by atoms with van der Waals surface area (Å²) in [6, 6.07) is 6.24. The largest absolute Gasteiger partial charge is 0.496 e. The predicted octanol–water partition coefficient (Wildman–Crippen LogP) is 2.07. The maximum Gasteiger partial charge on any atom is 0.126 e. The van der Waals surface area contributed by atoms with Crippen molar-refractivity contribution in [2.45, 2.75) is 13.5 Å². The third-order valence-corrected chi connectivity index (χ3v) is 1.98. The van der Waals surface area contributed by atoms with Crippen molar-refractivity contribution >= 4 is 0 Å². The molecule has 1 rings (SSSR count). The number of hydrogen-bond donors (Lipinski definition) is 0. The predicted molar refractivity (Wildman–Crippen MR) is 55.1 cm³/mol. The third kappa shape index (κ3) is 2.46. The molecule has 0 heterocycles. The van der Waals surface area contributed by atoms with Gasteiger partial charge in [-0.1, -0.05) is 18.2 Å². The Hall–Kier alpha value is -1.02. The molecule has 0 spiro atoms. The van der Waals surface area contributed by atoms with Crippen LogP contribution in [0.15, 0.2) is 18.2 Å².